The number of carbonyl (C=O) groups is 1. The highest BCUT2D eigenvalue weighted by atomic mass is 127. The minimum atomic E-state index is -4.20. The Hall–Kier alpha value is -0.780. The molecule has 148 valence electrons. The number of piperazine rings is 1. The van der Waals surface area contributed by atoms with Crippen molar-refractivity contribution >= 4 is 35.9 Å². The lowest BCUT2D eigenvalue weighted by Crippen LogP contribution is -2.56. The van der Waals surface area contributed by atoms with Crippen molar-refractivity contribution in [2.24, 2.45) is 4.99 Å². The molecule has 1 aliphatic heterocycles. The predicted octanol–water partition coefficient (Wildman–Crippen LogP) is 2.09. The van der Waals surface area contributed by atoms with Crippen LogP contribution in [-0.4, -0.2) is 80.3 Å². The standard InChI is InChI=1S/C15H27F3N4O2.HI/c1-4-24-13(23)6-5-7-20-14(19-3)22-10-8-21(9-11-22)12(2)15(16,17)18;/h12H,4-11H2,1-3H3,(H,19,20);1H. The smallest absolute Gasteiger partial charge is 0.403 e. The normalized spacial score (nSPS) is 17.7. The molecule has 0 amide bonds. The molecule has 1 fully saturated rings. The second kappa shape index (κ2) is 11.8. The van der Waals surface area contributed by atoms with E-state index in [0.717, 1.165) is 0 Å². The summed E-state index contributed by atoms with van der Waals surface area (Å²) in [6.45, 7) is 5.53. The lowest BCUT2D eigenvalue weighted by atomic mass is 10.2. The van der Waals surface area contributed by atoms with Gasteiger partial charge in [-0.1, -0.05) is 0 Å². The van der Waals surface area contributed by atoms with Gasteiger partial charge in [-0.3, -0.25) is 14.7 Å². The van der Waals surface area contributed by atoms with Crippen LogP contribution in [0.2, 0.25) is 0 Å². The first-order chi connectivity index (χ1) is 11.3. The molecule has 1 heterocycles. The summed E-state index contributed by atoms with van der Waals surface area (Å²) in [6.07, 6.45) is -3.26. The van der Waals surface area contributed by atoms with Crippen molar-refractivity contribution in [1.82, 2.24) is 15.1 Å². The predicted molar refractivity (Wildman–Crippen MR) is 101 cm³/mol. The number of carbonyl (C=O) groups excluding carboxylic acids is 1. The van der Waals surface area contributed by atoms with E-state index in [1.54, 1.807) is 14.0 Å². The fourth-order valence-corrected chi connectivity index (χ4v) is 2.53. The topological polar surface area (TPSA) is 57.2 Å². The van der Waals surface area contributed by atoms with Gasteiger partial charge >= 0.3 is 12.1 Å². The Morgan fingerprint density at radius 3 is 2.36 bits per heavy atom. The van der Waals surface area contributed by atoms with Gasteiger partial charge in [0.2, 0.25) is 0 Å². The molecule has 0 aliphatic carbocycles. The Balaban J connectivity index is 0.00000576. The number of rotatable bonds is 6. The van der Waals surface area contributed by atoms with Crippen LogP contribution in [0.15, 0.2) is 4.99 Å². The van der Waals surface area contributed by atoms with Crippen LogP contribution < -0.4 is 5.32 Å². The number of ether oxygens (including phenoxy) is 1. The average Bonchev–Trinajstić information content (AvgIpc) is 2.54. The first-order valence-corrected chi connectivity index (χ1v) is 8.21. The monoisotopic (exact) mass is 480 g/mol. The second-order valence-corrected chi connectivity index (χ2v) is 5.62. The molecule has 0 aromatic rings. The number of nitrogens with one attached hydrogen (secondary N) is 1. The highest BCUT2D eigenvalue weighted by Crippen LogP contribution is 2.25. The number of aliphatic imine (C=N–C) groups is 1. The zero-order valence-corrected chi connectivity index (χ0v) is 17.3. The van der Waals surface area contributed by atoms with Crippen molar-refractivity contribution < 1.29 is 22.7 Å². The van der Waals surface area contributed by atoms with E-state index in [1.807, 2.05) is 4.90 Å². The van der Waals surface area contributed by atoms with Crippen LogP contribution in [-0.2, 0) is 9.53 Å². The van der Waals surface area contributed by atoms with Gasteiger partial charge in [0.1, 0.15) is 6.04 Å². The number of halogens is 4. The molecule has 1 unspecified atom stereocenters. The summed E-state index contributed by atoms with van der Waals surface area (Å²) in [5.74, 6) is 0.419. The first kappa shape index (κ1) is 24.2. The van der Waals surface area contributed by atoms with Crippen LogP contribution in [0.5, 0.6) is 0 Å². The van der Waals surface area contributed by atoms with Crippen molar-refractivity contribution in [1.29, 1.82) is 0 Å². The van der Waals surface area contributed by atoms with E-state index < -0.39 is 12.2 Å². The highest BCUT2D eigenvalue weighted by Gasteiger charge is 2.41. The number of alkyl halides is 3. The van der Waals surface area contributed by atoms with Crippen molar-refractivity contribution in [3.63, 3.8) is 0 Å². The maximum absolute atomic E-state index is 12.8. The average molecular weight is 480 g/mol. The van der Waals surface area contributed by atoms with Gasteiger partial charge in [-0.25, -0.2) is 0 Å². The van der Waals surface area contributed by atoms with Gasteiger partial charge in [-0.05, 0) is 20.3 Å². The molecular weight excluding hydrogens is 452 g/mol. The Kier molecular flexibility index (Phi) is 11.4. The molecule has 25 heavy (non-hydrogen) atoms. The molecule has 0 aromatic carbocycles. The lowest BCUT2D eigenvalue weighted by molar-refractivity contribution is -0.181. The van der Waals surface area contributed by atoms with E-state index in [4.69, 9.17) is 4.74 Å². The Morgan fingerprint density at radius 2 is 1.88 bits per heavy atom. The van der Waals surface area contributed by atoms with Crippen LogP contribution >= 0.6 is 24.0 Å². The van der Waals surface area contributed by atoms with Crippen LogP contribution in [0.1, 0.15) is 26.7 Å². The molecule has 6 nitrogen and oxygen atoms in total. The summed E-state index contributed by atoms with van der Waals surface area (Å²) in [4.78, 5) is 18.8. The lowest BCUT2D eigenvalue weighted by Gasteiger charge is -2.39. The summed E-state index contributed by atoms with van der Waals surface area (Å²) < 4.78 is 43.1. The van der Waals surface area contributed by atoms with Gasteiger partial charge in [-0.15, -0.1) is 24.0 Å². The number of guanidine groups is 1. The summed E-state index contributed by atoms with van der Waals surface area (Å²) >= 11 is 0. The summed E-state index contributed by atoms with van der Waals surface area (Å²) in [7, 11) is 1.64. The van der Waals surface area contributed by atoms with Gasteiger partial charge in [0.25, 0.3) is 0 Å². The van der Waals surface area contributed by atoms with Crippen LogP contribution in [0.25, 0.3) is 0 Å². The maximum Gasteiger partial charge on any atom is 0.403 e. The molecule has 0 spiro atoms. The third-order valence-electron chi connectivity index (χ3n) is 3.99. The van der Waals surface area contributed by atoms with Crippen molar-refractivity contribution in [3.05, 3.63) is 0 Å². The van der Waals surface area contributed by atoms with Gasteiger partial charge in [0, 0.05) is 46.2 Å². The molecule has 1 aliphatic rings. The zero-order chi connectivity index (χ0) is 18.2. The quantitative estimate of drug-likeness (QED) is 0.208. The number of hydrogen-bond donors (Lipinski definition) is 1. The van der Waals surface area contributed by atoms with Gasteiger partial charge in [0.05, 0.1) is 6.61 Å². The van der Waals surface area contributed by atoms with Gasteiger partial charge < -0.3 is 15.0 Å². The van der Waals surface area contributed by atoms with E-state index in [2.05, 4.69) is 10.3 Å². The minimum absolute atomic E-state index is 0. The number of hydrogen-bond acceptors (Lipinski definition) is 4. The molecule has 1 N–H and O–H groups in total. The fraction of sp³-hybridized carbons (Fsp3) is 0.867. The van der Waals surface area contributed by atoms with Crippen molar-refractivity contribution in [2.45, 2.75) is 38.9 Å². The minimum Gasteiger partial charge on any atom is -0.466 e. The molecule has 1 atom stereocenters. The molecule has 10 heteroatoms. The SMILES string of the molecule is CCOC(=O)CCCNC(=NC)N1CCN(C(C)C(F)(F)F)CC1.I. The summed E-state index contributed by atoms with van der Waals surface area (Å²) in [6, 6.07) is -1.43. The highest BCUT2D eigenvalue weighted by molar-refractivity contribution is 14.0. The van der Waals surface area contributed by atoms with Crippen LogP contribution in [0.3, 0.4) is 0 Å². The van der Waals surface area contributed by atoms with E-state index in [1.165, 1.54) is 11.8 Å². The number of nitrogens with zero attached hydrogens (tertiary/aromatic N) is 3. The van der Waals surface area contributed by atoms with Crippen molar-refractivity contribution in [3.8, 4) is 0 Å². The third kappa shape index (κ3) is 8.43. The van der Waals surface area contributed by atoms with E-state index in [0.29, 0.717) is 58.1 Å². The van der Waals surface area contributed by atoms with Crippen molar-refractivity contribution in [2.75, 3.05) is 46.4 Å². The maximum atomic E-state index is 12.8. The molecular formula is C15H28F3IN4O2. The number of esters is 1. The fourth-order valence-electron chi connectivity index (χ4n) is 2.53. The molecule has 0 bridgehead atoms. The van der Waals surface area contributed by atoms with E-state index >= 15 is 0 Å². The zero-order valence-electron chi connectivity index (χ0n) is 14.9. The molecule has 0 aromatic heterocycles. The molecule has 0 radical (unpaired) electrons. The third-order valence-corrected chi connectivity index (χ3v) is 3.99. The van der Waals surface area contributed by atoms with Gasteiger partial charge in [0.15, 0.2) is 5.96 Å². The van der Waals surface area contributed by atoms with E-state index in [-0.39, 0.29) is 29.9 Å². The van der Waals surface area contributed by atoms with E-state index in [9.17, 15) is 18.0 Å². The first-order valence-electron chi connectivity index (χ1n) is 8.21. The summed E-state index contributed by atoms with van der Waals surface area (Å²) in [5.41, 5.74) is 0. The Bertz CT molecular complexity index is 427. The van der Waals surface area contributed by atoms with Gasteiger partial charge in [-0.2, -0.15) is 13.2 Å². The Labute approximate surface area is 164 Å². The molecule has 0 saturated carbocycles. The van der Waals surface area contributed by atoms with Crippen LogP contribution in [0.4, 0.5) is 13.2 Å². The molecule has 1 saturated heterocycles. The largest absolute Gasteiger partial charge is 0.466 e. The Morgan fingerprint density at radius 1 is 1.28 bits per heavy atom. The second-order valence-electron chi connectivity index (χ2n) is 5.62. The molecule has 1 rings (SSSR count). The summed E-state index contributed by atoms with van der Waals surface area (Å²) in [5, 5.41) is 3.14. The van der Waals surface area contributed by atoms with Crippen LogP contribution in [0, 0.1) is 0 Å².